The second-order valence-corrected chi connectivity index (χ2v) is 6.52. The van der Waals surface area contributed by atoms with Gasteiger partial charge >= 0.3 is 0 Å². The van der Waals surface area contributed by atoms with E-state index in [-0.39, 0.29) is 11.3 Å². The molecule has 3 rings (SSSR count). The number of para-hydroxylation sites is 1. The fraction of sp³-hybridized carbons (Fsp3) is 0.120. The van der Waals surface area contributed by atoms with Crippen LogP contribution >= 0.6 is 0 Å². The maximum atomic E-state index is 13.8. The van der Waals surface area contributed by atoms with E-state index < -0.39 is 11.7 Å². The number of carbonyl (C=O) groups is 1. The molecular weight excluding hydrogens is 395 g/mol. The predicted octanol–water partition coefficient (Wildman–Crippen LogP) is 5.35. The van der Waals surface area contributed by atoms with E-state index >= 15 is 0 Å². The Kier molecular flexibility index (Phi) is 7.39. The summed E-state index contributed by atoms with van der Waals surface area (Å²) in [5.41, 5.74) is 1.44. The fourth-order valence-electron chi connectivity index (χ4n) is 2.80. The van der Waals surface area contributed by atoms with Crippen LogP contribution in [0.3, 0.4) is 0 Å². The van der Waals surface area contributed by atoms with Crippen LogP contribution < -0.4 is 14.8 Å². The maximum absolute atomic E-state index is 13.8. The van der Waals surface area contributed by atoms with Crippen molar-refractivity contribution in [2.45, 2.75) is 13.5 Å². The highest BCUT2D eigenvalue weighted by Gasteiger charge is 2.13. The van der Waals surface area contributed by atoms with Crippen molar-refractivity contribution in [1.82, 2.24) is 0 Å². The van der Waals surface area contributed by atoms with Gasteiger partial charge in [-0.25, -0.2) is 4.39 Å². The van der Waals surface area contributed by atoms with E-state index in [1.165, 1.54) is 24.3 Å². The Morgan fingerprint density at radius 1 is 1.03 bits per heavy atom. The Balaban J connectivity index is 1.79. The number of amides is 1. The number of rotatable bonds is 8. The van der Waals surface area contributed by atoms with Gasteiger partial charge in [0.2, 0.25) is 0 Å². The predicted molar refractivity (Wildman–Crippen MR) is 117 cm³/mol. The third-order valence-electron chi connectivity index (χ3n) is 4.30. The second-order valence-electron chi connectivity index (χ2n) is 6.52. The molecule has 0 aliphatic rings. The minimum atomic E-state index is -0.699. The van der Waals surface area contributed by atoms with Gasteiger partial charge in [-0.2, -0.15) is 5.26 Å². The van der Waals surface area contributed by atoms with Crippen molar-refractivity contribution < 1.29 is 18.7 Å². The van der Waals surface area contributed by atoms with Gasteiger partial charge in [-0.15, -0.1) is 0 Å². The van der Waals surface area contributed by atoms with Gasteiger partial charge in [0.25, 0.3) is 5.91 Å². The van der Waals surface area contributed by atoms with Crippen LogP contribution in [0.15, 0.2) is 78.4 Å². The van der Waals surface area contributed by atoms with Crippen LogP contribution in [0.25, 0.3) is 6.08 Å². The zero-order chi connectivity index (χ0) is 22.1. The van der Waals surface area contributed by atoms with Crippen LogP contribution in [0.2, 0.25) is 0 Å². The van der Waals surface area contributed by atoms with Gasteiger partial charge in [0.1, 0.15) is 24.1 Å². The summed E-state index contributed by atoms with van der Waals surface area (Å²) in [5, 5.41) is 11.8. The molecule has 0 radical (unpaired) electrons. The van der Waals surface area contributed by atoms with Crippen molar-refractivity contribution >= 4 is 17.7 Å². The fourth-order valence-corrected chi connectivity index (χ4v) is 2.80. The van der Waals surface area contributed by atoms with Gasteiger partial charge in [0.15, 0.2) is 11.5 Å². The van der Waals surface area contributed by atoms with Gasteiger partial charge in [-0.3, -0.25) is 4.79 Å². The lowest BCUT2D eigenvalue weighted by Crippen LogP contribution is -2.14. The number of hydrogen-bond donors (Lipinski definition) is 1. The first-order valence-electron chi connectivity index (χ1n) is 9.72. The van der Waals surface area contributed by atoms with Crippen LogP contribution in [-0.4, -0.2) is 12.5 Å². The highest BCUT2D eigenvalue weighted by molar-refractivity contribution is 6.09. The number of anilines is 1. The van der Waals surface area contributed by atoms with Gasteiger partial charge in [-0.1, -0.05) is 48.5 Å². The highest BCUT2D eigenvalue weighted by Crippen LogP contribution is 2.30. The quantitative estimate of drug-likeness (QED) is 0.397. The van der Waals surface area contributed by atoms with Gasteiger partial charge < -0.3 is 14.8 Å². The molecule has 0 saturated heterocycles. The standard InChI is InChI=1S/C25H21FN2O3/c1-2-30-24-15-19(12-13-23(24)31-17-18-8-4-3-5-9-18)14-20(16-27)25(29)28-22-11-7-6-10-21(22)26/h3-15H,2,17H2,1H3,(H,28,29)/b20-14+. The molecule has 0 aliphatic heterocycles. The molecule has 0 fully saturated rings. The van der Waals surface area contributed by atoms with E-state index in [4.69, 9.17) is 9.47 Å². The highest BCUT2D eigenvalue weighted by atomic mass is 19.1. The summed E-state index contributed by atoms with van der Waals surface area (Å²) in [4.78, 5) is 12.4. The normalized spacial score (nSPS) is 10.8. The van der Waals surface area contributed by atoms with Crippen molar-refractivity contribution in [3.63, 3.8) is 0 Å². The Labute approximate surface area is 180 Å². The largest absolute Gasteiger partial charge is 0.490 e. The van der Waals surface area contributed by atoms with Gasteiger partial charge in [0, 0.05) is 0 Å². The lowest BCUT2D eigenvalue weighted by Gasteiger charge is -2.13. The number of nitrogens with one attached hydrogen (secondary N) is 1. The Morgan fingerprint density at radius 3 is 2.48 bits per heavy atom. The smallest absolute Gasteiger partial charge is 0.266 e. The number of hydrogen-bond acceptors (Lipinski definition) is 4. The van der Waals surface area contributed by atoms with E-state index in [1.54, 1.807) is 24.3 Å². The van der Waals surface area contributed by atoms with Crippen molar-refractivity contribution in [2.24, 2.45) is 0 Å². The minimum Gasteiger partial charge on any atom is -0.490 e. The van der Waals surface area contributed by atoms with Crippen molar-refractivity contribution in [1.29, 1.82) is 5.26 Å². The number of carbonyl (C=O) groups excluding carboxylic acids is 1. The summed E-state index contributed by atoms with van der Waals surface area (Å²) in [6.07, 6.45) is 1.42. The molecule has 0 spiro atoms. The second kappa shape index (κ2) is 10.6. The van der Waals surface area contributed by atoms with E-state index in [9.17, 15) is 14.4 Å². The summed E-state index contributed by atoms with van der Waals surface area (Å²) in [7, 11) is 0. The number of benzene rings is 3. The third-order valence-corrected chi connectivity index (χ3v) is 4.30. The number of nitriles is 1. The van der Waals surface area contributed by atoms with Gasteiger partial charge in [-0.05, 0) is 48.4 Å². The molecule has 3 aromatic carbocycles. The first kappa shape index (κ1) is 21.6. The molecule has 0 aromatic heterocycles. The lowest BCUT2D eigenvalue weighted by molar-refractivity contribution is -0.112. The van der Waals surface area contributed by atoms with Crippen LogP contribution in [0.4, 0.5) is 10.1 Å². The molecule has 1 amide bonds. The first-order chi connectivity index (χ1) is 15.1. The number of ether oxygens (including phenoxy) is 2. The summed E-state index contributed by atoms with van der Waals surface area (Å²) in [6, 6.07) is 22.5. The van der Waals surface area contributed by atoms with Crippen molar-refractivity contribution in [2.75, 3.05) is 11.9 Å². The molecule has 0 bridgehead atoms. The number of nitrogens with zero attached hydrogens (tertiary/aromatic N) is 1. The molecule has 0 atom stereocenters. The molecule has 156 valence electrons. The Hall–Kier alpha value is -4.11. The van der Waals surface area contributed by atoms with Crippen molar-refractivity contribution in [3.8, 4) is 17.6 Å². The minimum absolute atomic E-state index is 0.00770. The summed E-state index contributed by atoms with van der Waals surface area (Å²) in [6.45, 7) is 2.66. The average Bonchev–Trinajstić information content (AvgIpc) is 2.79. The molecule has 3 aromatic rings. The van der Waals surface area contributed by atoms with E-state index in [0.717, 1.165) is 5.56 Å². The van der Waals surface area contributed by atoms with Crippen LogP contribution in [0.5, 0.6) is 11.5 Å². The average molecular weight is 416 g/mol. The van der Waals surface area contributed by atoms with E-state index in [0.29, 0.717) is 30.3 Å². The maximum Gasteiger partial charge on any atom is 0.266 e. The SMILES string of the molecule is CCOc1cc(/C=C(\C#N)C(=O)Nc2ccccc2F)ccc1OCc1ccccc1. The van der Waals surface area contributed by atoms with E-state index in [2.05, 4.69) is 5.32 Å². The summed E-state index contributed by atoms with van der Waals surface area (Å²) in [5.74, 6) is -0.224. The lowest BCUT2D eigenvalue weighted by atomic mass is 10.1. The van der Waals surface area contributed by atoms with Gasteiger partial charge in [0.05, 0.1) is 12.3 Å². The third kappa shape index (κ3) is 5.94. The molecule has 6 heteroatoms. The van der Waals surface area contributed by atoms with Crippen molar-refractivity contribution in [3.05, 3.63) is 95.3 Å². The first-order valence-corrected chi connectivity index (χ1v) is 9.72. The molecular formula is C25H21FN2O3. The molecule has 5 nitrogen and oxygen atoms in total. The summed E-state index contributed by atoms with van der Waals surface area (Å²) < 4.78 is 25.3. The molecule has 0 heterocycles. The zero-order valence-electron chi connectivity index (χ0n) is 17.0. The molecule has 0 saturated carbocycles. The van der Waals surface area contributed by atoms with E-state index in [1.807, 2.05) is 43.3 Å². The number of halogens is 1. The van der Waals surface area contributed by atoms with Crippen LogP contribution in [-0.2, 0) is 11.4 Å². The van der Waals surface area contributed by atoms with Crippen LogP contribution in [0.1, 0.15) is 18.1 Å². The molecule has 0 aliphatic carbocycles. The monoisotopic (exact) mass is 416 g/mol. The summed E-state index contributed by atoms with van der Waals surface area (Å²) >= 11 is 0. The molecule has 0 unspecified atom stereocenters. The molecule has 1 N–H and O–H groups in total. The zero-order valence-corrected chi connectivity index (χ0v) is 17.0. The molecule has 31 heavy (non-hydrogen) atoms. The topological polar surface area (TPSA) is 71.3 Å². The van der Waals surface area contributed by atoms with Crippen LogP contribution in [0, 0.1) is 17.1 Å². The Morgan fingerprint density at radius 2 is 1.77 bits per heavy atom. The Bertz CT molecular complexity index is 1120.